The van der Waals surface area contributed by atoms with Crippen LogP contribution in [0.5, 0.6) is 5.75 Å². The Bertz CT molecular complexity index is 419. The van der Waals surface area contributed by atoms with E-state index in [4.69, 9.17) is 10.5 Å². The SMILES string of the molecule is COC(=O)c1cc(OC(C)CN(C)C)ccc1N. The molecule has 0 amide bonds. The van der Waals surface area contributed by atoms with Crippen LogP contribution in [-0.4, -0.2) is 44.7 Å². The molecule has 1 rings (SSSR count). The number of nitrogen functional groups attached to an aromatic ring is 1. The third-order valence-electron chi connectivity index (χ3n) is 2.39. The van der Waals surface area contributed by atoms with E-state index in [9.17, 15) is 4.79 Å². The zero-order chi connectivity index (χ0) is 13.7. The summed E-state index contributed by atoms with van der Waals surface area (Å²) in [6.07, 6.45) is 0.0223. The van der Waals surface area contributed by atoms with Gasteiger partial charge in [-0.2, -0.15) is 0 Å². The lowest BCUT2D eigenvalue weighted by atomic mass is 10.1. The summed E-state index contributed by atoms with van der Waals surface area (Å²) in [6.45, 7) is 2.76. The van der Waals surface area contributed by atoms with E-state index >= 15 is 0 Å². The Morgan fingerprint density at radius 1 is 1.44 bits per heavy atom. The van der Waals surface area contributed by atoms with Gasteiger partial charge in [0.15, 0.2) is 0 Å². The minimum atomic E-state index is -0.460. The van der Waals surface area contributed by atoms with Gasteiger partial charge in [-0.3, -0.25) is 0 Å². The summed E-state index contributed by atoms with van der Waals surface area (Å²) in [4.78, 5) is 13.5. The van der Waals surface area contributed by atoms with Crippen LogP contribution >= 0.6 is 0 Å². The van der Waals surface area contributed by atoms with Crippen LogP contribution in [0.2, 0.25) is 0 Å². The quantitative estimate of drug-likeness (QED) is 0.633. The maximum atomic E-state index is 11.5. The van der Waals surface area contributed by atoms with Crippen molar-refractivity contribution in [1.82, 2.24) is 4.90 Å². The Hall–Kier alpha value is -1.75. The number of nitrogens with zero attached hydrogens (tertiary/aromatic N) is 1. The maximum Gasteiger partial charge on any atom is 0.340 e. The summed E-state index contributed by atoms with van der Waals surface area (Å²) in [5.74, 6) is 0.150. The Balaban J connectivity index is 2.82. The van der Waals surface area contributed by atoms with Gasteiger partial charge < -0.3 is 20.1 Å². The molecule has 0 aliphatic carbocycles. The molecule has 0 aliphatic rings. The minimum absolute atomic E-state index is 0.0223. The first-order valence-corrected chi connectivity index (χ1v) is 5.73. The number of likely N-dealkylation sites (N-methyl/N-ethyl adjacent to an activating group) is 1. The van der Waals surface area contributed by atoms with Gasteiger partial charge in [0.1, 0.15) is 11.9 Å². The summed E-state index contributed by atoms with van der Waals surface area (Å²) in [5.41, 5.74) is 6.42. The number of esters is 1. The molecule has 18 heavy (non-hydrogen) atoms. The molecule has 5 nitrogen and oxygen atoms in total. The second kappa shape index (κ2) is 6.26. The molecule has 0 saturated carbocycles. The summed E-state index contributed by atoms with van der Waals surface area (Å²) in [7, 11) is 5.27. The molecule has 1 atom stereocenters. The van der Waals surface area contributed by atoms with Gasteiger partial charge >= 0.3 is 5.97 Å². The molecule has 0 fully saturated rings. The Morgan fingerprint density at radius 3 is 2.67 bits per heavy atom. The van der Waals surface area contributed by atoms with Crippen LogP contribution in [0.4, 0.5) is 5.69 Å². The summed E-state index contributed by atoms with van der Waals surface area (Å²) in [6, 6.07) is 4.99. The van der Waals surface area contributed by atoms with Gasteiger partial charge in [0.25, 0.3) is 0 Å². The number of benzene rings is 1. The Kier molecular flexibility index (Phi) is 4.97. The number of rotatable bonds is 5. The van der Waals surface area contributed by atoms with E-state index in [1.54, 1.807) is 18.2 Å². The van der Waals surface area contributed by atoms with E-state index in [0.29, 0.717) is 17.0 Å². The van der Waals surface area contributed by atoms with Crippen LogP contribution in [0.25, 0.3) is 0 Å². The maximum absolute atomic E-state index is 11.5. The number of hydrogen-bond donors (Lipinski definition) is 1. The van der Waals surface area contributed by atoms with E-state index in [-0.39, 0.29) is 6.10 Å². The van der Waals surface area contributed by atoms with Gasteiger partial charge in [0.05, 0.1) is 12.7 Å². The fraction of sp³-hybridized carbons (Fsp3) is 0.462. The molecule has 1 aromatic rings. The lowest BCUT2D eigenvalue weighted by molar-refractivity contribution is 0.0601. The molecule has 1 unspecified atom stereocenters. The molecule has 2 N–H and O–H groups in total. The van der Waals surface area contributed by atoms with E-state index in [0.717, 1.165) is 6.54 Å². The van der Waals surface area contributed by atoms with Crippen molar-refractivity contribution >= 4 is 11.7 Å². The second-order valence-corrected chi connectivity index (χ2v) is 4.43. The highest BCUT2D eigenvalue weighted by atomic mass is 16.5. The number of hydrogen-bond acceptors (Lipinski definition) is 5. The predicted molar refractivity (Wildman–Crippen MR) is 70.8 cm³/mol. The van der Waals surface area contributed by atoms with Gasteiger partial charge in [-0.05, 0) is 39.2 Å². The van der Waals surface area contributed by atoms with Gasteiger partial charge in [0.2, 0.25) is 0 Å². The average Bonchev–Trinajstić information content (AvgIpc) is 2.29. The van der Waals surface area contributed by atoms with Gasteiger partial charge in [0, 0.05) is 12.2 Å². The number of carbonyl (C=O) groups is 1. The molecule has 0 saturated heterocycles. The smallest absolute Gasteiger partial charge is 0.340 e. The van der Waals surface area contributed by atoms with Crippen LogP contribution in [0.1, 0.15) is 17.3 Å². The molecule has 0 spiro atoms. The van der Waals surface area contributed by atoms with Crippen LogP contribution in [0.3, 0.4) is 0 Å². The van der Waals surface area contributed by atoms with Crippen LogP contribution < -0.4 is 10.5 Å². The topological polar surface area (TPSA) is 64.8 Å². The second-order valence-electron chi connectivity index (χ2n) is 4.43. The van der Waals surface area contributed by atoms with Crippen molar-refractivity contribution in [3.8, 4) is 5.75 Å². The lowest BCUT2D eigenvalue weighted by Crippen LogP contribution is -2.28. The van der Waals surface area contributed by atoms with E-state index in [1.807, 2.05) is 25.9 Å². The number of ether oxygens (including phenoxy) is 2. The highest BCUT2D eigenvalue weighted by Gasteiger charge is 2.12. The van der Waals surface area contributed by atoms with Gasteiger partial charge in [-0.1, -0.05) is 0 Å². The monoisotopic (exact) mass is 252 g/mol. The Morgan fingerprint density at radius 2 is 2.11 bits per heavy atom. The van der Waals surface area contributed by atoms with E-state index in [2.05, 4.69) is 4.74 Å². The third-order valence-corrected chi connectivity index (χ3v) is 2.39. The number of nitrogens with two attached hydrogens (primary N) is 1. The van der Waals surface area contributed by atoms with Crippen molar-refractivity contribution in [2.75, 3.05) is 33.5 Å². The molecule has 1 aromatic carbocycles. The molecule has 0 aliphatic heterocycles. The van der Waals surface area contributed by atoms with E-state index in [1.165, 1.54) is 7.11 Å². The van der Waals surface area contributed by atoms with Crippen LogP contribution in [0, 0.1) is 0 Å². The fourth-order valence-corrected chi connectivity index (χ4v) is 1.68. The summed E-state index contributed by atoms with van der Waals surface area (Å²) < 4.78 is 10.4. The van der Waals surface area contributed by atoms with Gasteiger partial charge in [-0.25, -0.2) is 4.79 Å². The first kappa shape index (κ1) is 14.3. The molecule has 0 radical (unpaired) electrons. The highest BCUT2D eigenvalue weighted by Crippen LogP contribution is 2.21. The van der Waals surface area contributed by atoms with Crippen molar-refractivity contribution < 1.29 is 14.3 Å². The molecular formula is C13H20N2O3. The average molecular weight is 252 g/mol. The molecule has 100 valence electrons. The minimum Gasteiger partial charge on any atom is -0.489 e. The van der Waals surface area contributed by atoms with Crippen molar-refractivity contribution in [1.29, 1.82) is 0 Å². The zero-order valence-electron chi connectivity index (χ0n) is 11.3. The first-order valence-electron chi connectivity index (χ1n) is 5.73. The molecule has 5 heteroatoms. The Labute approximate surface area is 107 Å². The summed E-state index contributed by atoms with van der Waals surface area (Å²) in [5, 5.41) is 0. The molecule has 0 bridgehead atoms. The highest BCUT2D eigenvalue weighted by molar-refractivity contribution is 5.95. The van der Waals surface area contributed by atoms with Gasteiger partial charge in [-0.15, -0.1) is 0 Å². The lowest BCUT2D eigenvalue weighted by Gasteiger charge is -2.19. The van der Waals surface area contributed by atoms with Crippen molar-refractivity contribution in [2.24, 2.45) is 0 Å². The summed E-state index contributed by atoms with van der Waals surface area (Å²) >= 11 is 0. The van der Waals surface area contributed by atoms with Crippen LogP contribution in [-0.2, 0) is 4.74 Å². The van der Waals surface area contributed by atoms with Crippen molar-refractivity contribution in [3.05, 3.63) is 23.8 Å². The van der Waals surface area contributed by atoms with Crippen LogP contribution in [0.15, 0.2) is 18.2 Å². The molecule has 0 heterocycles. The number of carbonyl (C=O) groups excluding carboxylic acids is 1. The standard InChI is InChI=1S/C13H20N2O3/c1-9(8-15(2)3)18-10-5-6-12(14)11(7-10)13(16)17-4/h5-7,9H,8,14H2,1-4H3. The first-order chi connectivity index (χ1) is 8.43. The number of methoxy groups -OCH3 is 1. The molecular weight excluding hydrogens is 232 g/mol. The van der Waals surface area contributed by atoms with Crippen molar-refractivity contribution in [2.45, 2.75) is 13.0 Å². The van der Waals surface area contributed by atoms with Crippen molar-refractivity contribution in [3.63, 3.8) is 0 Å². The van der Waals surface area contributed by atoms with E-state index < -0.39 is 5.97 Å². The molecule has 0 aromatic heterocycles. The third kappa shape index (κ3) is 3.92. The number of anilines is 1. The predicted octanol–water partition coefficient (Wildman–Crippen LogP) is 1.38. The fourth-order valence-electron chi connectivity index (χ4n) is 1.68. The largest absolute Gasteiger partial charge is 0.489 e. The normalized spacial score (nSPS) is 12.3. The zero-order valence-corrected chi connectivity index (χ0v) is 11.3.